The average Bonchev–Trinajstić information content (AvgIpc) is 3.18. The lowest BCUT2D eigenvalue weighted by molar-refractivity contribution is 0.102. The van der Waals surface area contributed by atoms with Crippen LogP contribution in [0.15, 0.2) is 97.1 Å². The van der Waals surface area contributed by atoms with Gasteiger partial charge in [-0.25, -0.2) is 26.3 Å². The number of ketones is 2. The molecule has 12 heteroatoms. The van der Waals surface area contributed by atoms with Crippen molar-refractivity contribution in [1.82, 2.24) is 0 Å². The average molecular weight is 761 g/mol. The van der Waals surface area contributed by atoms with E-state index in [9.17, 15) is 27.2 Å². The van der Waals surface area contributed by atoms with E-state index in [-0.39, 0.29) is 28.4 Å². The molecule has 0 bridgehead atoms. The highest BCUT2D eigenvalue weighted by atomic mass is 19.2. The molecule has 6 aromatic carbocycles. The molecule has 0 radical (unpaired) electrons. The van der Waals surface area contributed by atoms with Crippen LogP contribution in [0.25, 0.3) is 0 Å². The van der Waals surface area contributed by atoms with Crippen LogP contribution >= 0.6 is 0 Å². The van der Waals surface area contributed by atoms with Crippen LogP contribution in [0.2, 0.25) is 0 Å². The Kier molecular flexibility index (Phi) is 10.4. The maximum atomic E-state index is 15.2. The zero-order chi connectivity index (χ0) is 39.9. The molecule has 0 atom stereocenters. The number of hydrogen-bond acceptors (Lipinski definition) is 4. The summed E-state index contributed by atoms with van der Waals surface area (Å²) in [4.78, 5) is 25.8. The van der Waals surface area contributed by atoms with Gasteiger partial charge in [0.25, 0.3) is 0 Å². The highest BCUT2D eigenvalue weighted by Crippen LogP contribution is 2.37. The first kappa shape index (κ1) is 38.4. The SMILES string of the molecule is Cc1ccc(C(C)(C)c2ccc(Oc3c(F)c(F)c(C(=O)c4ccc(Oc5ccc(C(=O)c6c(F)c(F)c(C)c(F)c6F)cc5)cc4)c(F)c3F)cc2)cc1. The van der Waals surface area contributed by atoms with E-state index >= 15 is 17.6 Å². The quantitative estimate of drug-likeness (QED) is 0.0793. The number of aryl methyl sites for hydroxylation is 1. The van der Waals surface area contributed by atoms with E-state index in [1.54, 1.807) is 12.1 Å². The van der Waals surface area contributed by atoms with Crippen LogP contribution in [0.4, 0.5) is 35.1 Å². The molecular weight excluding hydrogens is 732 g/mol. The number of carbonyl (C=O) groups excluding carboxylic acids is 2. The number of benzene rings is 6. The Morgan fingerprint density at radius 1 is 0.436 bits per heavy atom. The summed E-state index contributed by atoms with van der Waals surface area (Å²) in [5.74, 6) is -19.0. The molecule has 0 spiro atoms. The monoisotopic (exact) mass is 760 g/mol. The molecule has 0 saturated heterocycles. The summed E-state index contributed by atoms with van der Waals surface area (Å²) in [5, 5.41) is 0. The summed E-state index contributed by atoms with van der Waals surface area (Å²) in [6.07, 6.45) is 0. The molecule has 4 nitrogen and oxygen atoms in total. The molecule has 0 aliphatic carbocycles. The van der Waals surface area contributed by atoms with Gasteiger partial charge in [-0.2, -0.15) is 8.78 Å². The Bertz CT molecular complexity index is 2400. The van der Waals surface area contributed by atoms with Crippen molar-refractivity contribution in [3.05, 3.63) is 188 Å². The van der Waals surface area contributed by atoms with E-state index in [0.717, 1.165) is 47.9 Å². The Labute approximate surface area is 309 Å². The maximum Gasteiger partial charge on any atom is 0.205 e. The second-order valence-electron chi connectivity index (χ2n) is 13.1. The summed E-state index contributed by atoms with van der Waals surface area (Å²) >= 11 is 0. The van der Waals surface area contributed by atoms with Gasteiger partial charge < -0.3 is 9.47 Å². The van der Waals surface area contributed by atoms with E-state index in [0.29, 0.717) is 0 Å². The summed E-state index contributed by atoms with van der Waals surface area (Å²) in [6, 6.07) is 23.1. The van der Waals surface area contributed by atoms with Gasteiger partial charge in [0, 0.05) is 22.1 Å². The lowest BCUT2D eigenvalue weighted by Crippen LogP contribution is -2.18. The van der Waals surface area contributed by atoms with Crippen molar-refractivity contribution in [3.8, 4) is 23.0 Å². The largest absolute Gasteiger partial charge is 0.457 e. The van der Waals surface area contributed by atoms with E-state index in [1.807, 2.05) is 45.0 Å². The maximum absolute atomic E-state index is 15.2. The molecule has 0 N–H and O–H groups in total. The Balaban J connectivity index is 1.16. The van der Waals surface area contributed by atoms with Crippen LogP contribution in [-0.2, 0) is 5.41 Å². The lowest BCUT2D eigenvalue weighted by Gasteiger charge is -2.26. The summed E-state index contributed by atoms with van der Waals surface area (Å²) < 4.78 is 128. The minimum atomic E-state index is -1.97. The fourth-order valence-corrected chi connectivity index (χ4v) is 5.81. The predicted octanol–water partition coefficient (Wildman–Crippen LogP) is 11.8. The molecule has 0 unspecified atom stereocenters. The Hall–Kier alpha value is -6.30. The topological polar surface area (TPSA) is 52.6 Å². The van der Waals surface area contributed by atoms with Gasteiger partial charge in [-0.15, -0.1) is 0 Å². The summed E-state index contributed by atoms with van der Waals surface area (Å²) in [5.41, 5.74) is -2.05. The van der Waals surface area contributed by atoms with Gasteiger partial charge in [0.15, 0.2) is 46.5 Å². The van der Waals surface area contributed by atoms with Crippen LogP contribution in [0, 0.1) is 60.4 Å². The Morgan fingerprint density at radius 3 is 1.16 bits per heavy atom. The molecular formula is C43H28F8O4. The van der Waals surface area contributed by atoms with E-state index in [2.05, 4.69) is 0 Å². The van der Waals surface area contributed by atoms with Gasteiger partial charge in [-0.05, 0) is 85.6 Å². The molecule has 0 saturated carbocycles. The van der Waals surface area contributed by atoms with Crippen molar-refractivity contribution in [1.29, 1.82) is 0 Å². The molecule has 6 rings (SSSR count). The van der Waals surface area contributed by atoms with Crippen molar-refractivity contribution in [2.24, 2.45) is 0 Å². The van der Waals surface area contributed by atoms with E-state index in [1.165, 1.54) is 36.4 Å². The number of carbonyl (C=O) groups is 2. The van der Waals surface area contributed by atoms with Crippen LogP contribution in [-0.4, -0.2) is 11.6 Å². The highest BCUT2D eigenvalue weighted by Gasteiger charge is 2.32. The minimum absolute atomic E-state index is 0.0470. The lowest BCUT2D eigenvalue weighted by atomic mass is 9.78. The minimum Gasteiger partial charge on any atom is -0.457 e. The summed E-state index contributed by atoms with van der Waals surface area (Å²) in [6.45, 7) is 6.75. The molecule has 0 heterocycles. The zero-order valence-electron chi connectivity index (χ0n) is 29.4. The predicted molar refractivity (Wildman–Crippen MR) is 187 cm³/mol. The van der Waals surface area contributed by atoms with Gasteiger partial charge in [-0.3, -0.25) is 9.59 Å². The van der Waals surface area contributed by atoms with Crippen molar-refractivity contribution >= 4 is 11.6 Å². The van der Waals surface area contributed by atoms with Gasteiger partial charge in [0.2, 0.25) is 17.4 Å². The van der Waals surface area contributed by atoms with Crippen LogP contribution < -0.4 is 9.47 Å². The first-order valence-electron chi connectivity index (χ1n) is 16.5. The van der Waals surface area contributed by atoms with Crippen molar-refractivity contribution in [2.75, 3.05) is 0 Å². The fourth-order valence-electron chi connectivity index (χ4n) is 5.81. The second-order valence-corrected chi connectivity index (χ2v) is 13.1. The van der Waals surface area contributed by atoms with Crippen LogP contribution in [0.1, 0.15) is 67.9 Å². The van der Waals surface area contributed by atoms with Crippen molar-refractivity contribution < 1.29 is 54.2 Å². The fraction of sp³-hybridized carbons (Fsp3) is 0.116. The molecule has 0 aromatic heterocycles. The first-order chi connectivity index (χ1) is 26.0. The van der Waals surface area contributed by atoms with Crippen molar-refractivity contribution in [3.63, 3.8) is 0 Å². The van der Waals surface area contributed by atoms with Gasteiger partial charge >= 0.3 is 0 Å². The molecule has 0 aliphatic heterocycles. The van der Waals surface area contributed by atoms with Crippen LogP contribution in [0.5, 0.6) is 23.0 Å². The highest BCUT2D eigenvalue weighted by molar-refractivity contribution is 6.10. The van der Waals surface area contributed by atoms with Gasteiger partial charge in [0.05, 0.1) is 0 Å². The summed E-state index contributed by atoms with van der Waals surface area (Å²) in [7, 11) is 0. The van der Waals surface area contributed by atoms with Crippen LogP contribution in [0.3, 0.4) is 0 Å². The molecule has 0 aliphatic rings. The number of rotatable bonds is 10. The van der Waals surface area contributed by atoms with E-state index < -0.39 is 86.0 Å². The number of hydrogen-bond donors (Lipinski definition) is 0. The third kappa shape index (κ3) is 7.19. The van der Waals surface area contributed by atoms with Gasteiger partial charge in [-0.1, -0.05) is 55.8 Å². The molecule has 0 amide bonds. The number of halogens is 8. The second kappa shape index (κ2) is 14.8. The number of ether oxygens (including phenoxy) is 2. The smallest absolute Gasteiger partial charge is 0.205 e. The molecule has 0 fully saturated rings. The van der Waals surface area contributed by atoms with E-state index in [4.69, 9.17) is 9.47 Å². The molecule has 6 aromatic rings. The standard InChI is InChI=1S/C43H28F8O4/c1-21-5-11-25(12-6-21)43(3,4)26-13-19-29(20-14-26)55-42-38(50)36(48)31(37(49)39(42)51)41(53)24-9-17-28(18-10-24)54-27-15-7-23(8-16-27)40(52)30-34(46)32(44)22(2)33(45)35(30)47/h5-20H,1-4H3. The zero-order valence-corrected chi connectivity index (χ0v) is 29.4. The third-order valence-corrected chi connectivity index (χ3v) is 9.20. The third-order valence-electron chi connectivity index (χ3n) is 9.20. The Morgan fingerprint density at radius 2 is 0.764 bits per heavy atom. The molecule has 55 heavy (non-hydrogen) atoms. The normalized spacial score (nSPS) is 11.4. The first-order valence-corrected chi connectivity index (χ1v) is 16.5. The van der Waals surface area contributed by atoms with Crippen molar-refractivity contribution in [2.45, 2.75) is 33.1 Å². The van der Waals surface area contributed by atoms with Gasteiger partial charge in [0.1, 0.15) is 28.4 Å². The molecule has 280 valence electrons.